The van der Waals surface area contributed by atoms with Gasteiger partial charge in [0.2, 0.25) is 5.91 Å². The molecule has 0 aliphatic rings. The summed E-state index contributed by atoms with van der Waals surface area (Å²) in [6.07, 6.45) is 0. The Hall–Kier alpha value is -2.85. The van der Waals surface area contributed by atoms with Crippen LogP contribution < -0.4 is 16.7 Å². The van der Waals surface area contributed by atoms with Gasteiger partial charge in [-0.1, -0.05) is 17.8 Å². The molecule has 0 radical (unpaired) electrons. The SMILES string of the molecule is COC(=O)c1sc2nc(SCC(=O)Nc3ccc(C)c(C)c3)n(N)c(=O)c2c1C. The molecule has 0 aliphatic carbocycles. The van der Waals surface area contributed by atoms with E-state index in [9.17, 15) is 14.4 Å². The summed E-state index contributed by atoms with van der Waals surface area (Å²) < 4.78 is 5.64. The highest BCUT2D eigenvalue weighted by atomic mass is 32.2. The largest absolute Gasteiger partial charge is 0.465 e. The monoisotopic (exact) mass is 432 g/mol. The lowest BCUT2D eigenvalue weighted by molar-refractivity contribution is -0.113. The lowest BCUT2D eigenvalue weighted by atomic mass is 10.1. The van der Waals surface area contributed by atoms with Gasteiger partial charge >= 0.3 is 5.97 Å². The van der Waals surface area contributed by atoms with Crippen LogP contribution >= 0.6 is 23.1 Å². The number of carbonyl (C=O) groups excluding carboxylic acids is 2. The molecule has 0 saturated carbocycles. The maximum absolute atomic E-state index is 12.6. The van der Waals surface area contributed by atoms with E-state index in [4.69, 9.17) is 10.6 Å². The van der Waals surface area contributed by atoms with Crippen molar-refractivity contribution in [1.29, 1.82) is 0 Å². The number of anilines is 1. The minimum Gasteiger partial charge on any atom is -0.465 e. The van der Waals surface area contributed by atoms with Crippen molar-refractivity contribution < 1.29 is 14.3 Å². The summed E-state index contributed by atoms with van der Waals surface area (Å²) in [5.41, 5.74) is 2.92. The van der Waals surface area contributed by atoms with Crippen LogP contribution in [0.15, 0.2) is 28.2 Å². The number of rotatable bonds is 5. The zero-order valence-corrected chi connectivity index (χ0v) is 18.0. The van der Waals surface area contributed by atoms with Gasteiger partial charge in [-0.15, -0.1) is 11.3 Å². The molecule has 0 bridgehead atoms. The summed E-state index contributed by atoms with van der Waals surface area (Å²) in [6.45, 7) is 5.62. The van der Waals surface area contributed by atoms with E-state index in [0.29, 0.717) is 21.0 Å². The molecule has 3 rings (SSSR count). The number of esters is 1. The quantitative estimate of drug-likeness (QED) is 0.275. The van der Waals surface area contributed by atoms with E-state index >= 15 is 0 Å². The first kappa shape index (κ1) is 20.9. The number of aryl methyl sites for hydroxylation is 3. The maximum atomic E-state index is 12.6. The Bertz CT molecular complexity index is 1180. The van der Waals surface area contributed by atoms with Crippen molar-refractivity contribution in [3.8, 4) is 0 Å². The normalized spacial score (nSPS) is 10.9. The number of nitrogens with two attached hydrogens (primary N) is 1. The second-order valence-electron chi connectivity index (χ2n) is 6.43. The van der Waals surface area contributed by atoms with Crippen LogP contribution in [0.1, 0.15) is 26.4 Å². The van der Waals surface area contributed by atoms with Gasteiger partial charge in [0.25, 0.3) is 5.56 Å². The molecule has 2 aromatic heterocycles. The number of ether oxygens (including phenoxy) is 1. The van der Waals surface area contributed by atoms with E-state index in [1.165, 1.54) is 7.11 Å². The number of thiophene rings is 1. The van der Waals surface area contributed by atoms with Crippen LogP contribution in [0.25, 0.3) is 10.2 Å². The molecule has 152 valence electrons. The Morgan fingerprint density at radius 1 is 1.28 bits per heavy atom. The van der Waals surface area contributed by atoms with Crippen molar-refractivity contribution in [2.75, 3.05) is 24.0 Å². The zero-order chi connectivity index (χ0) is 21.3. The van der Waals surface area contributed by atoms with Crippen molar-refractivity contribution in [1.82, 2.24) is 9.66 Å². The third kappa shape index (κ3) is 4.13. The van der Waals surface area contributed by atoms with Gasteiger partial charge in [0.1, 0.15) is 9.71 Å². The first-order valence-electron chi connectivity index (χ1n) is 8.62. The number of hydrogen-bond acceptors (Lipinski definition) is 8. The first-order chi connectivity index (χ1) is 13.7. The van der Waals surface area contributed by atoms with Crippen molar-refractivity contribution >= 4 is 50.9 Å². The van der Waals surface area contributed by atoms with Gasteiger partial charge < -0.3 is 15.9 Å². The summed E-state index contributed by atoms with van der Waals surface area (Å²) in [6, 6.07) is 5.66. The molecular weight excluding hydrogens is 412 g/mol. The van der Waals surface area contributed by atoms with Gasteiger partial charge in [-0.2, -0.15) is 0 Å². The van der Waals surface area contributed by atoms with Crippen molar-refractivity contribution in [2.24, 2.45) is 0 Å². The average molecular weight is 433 g/mol. The number of fused-ring (bicyclic) bond motifs is 1. The second kappa shape index (κ2) is 8.26. The van der Waals surface area contributed by atoms with Gasteiger partial charge in [-0.25, -0.2) is 14.5 Å². The van der Waals surface area contributed by atoms with E-state index in [0.717, 1.165) is 38.9 Å². The summed E-state index contributed by atoms with van der Waals surface area (Å²) in [4.78, 5) is 41.9. The standard InChI is InChI=1S/C19H20N4O4S2/c1-9-5-6-12(7-10(9)2)21-13(24)8-28-19-22-16-14(17(25)23(19)20)11(3)15(29-16)18(26)27-4/h5-7H,8,20H2,1-4H3,(H,21,24). The number of benzene rings is 1. The van der Waals surface area contributed by atoms with Crippen molar-refractivity contribution in [3.05, 3.63) is 50.1 Å². The molecule has 0 aliphatic heterocycles. The number of methoxy groups -OCH3 is 1. The summed E-state index contributed by atoms with van der Waals surface area (Å²) in [5, 5.41) is 3.28. The molecule has 3 aromatic rings. The summed E-state index contributed by atoms with van der Waals surface area (Å²) in [7, 11) is 1.27. The molecule has 29 heavy (non-hydrogen) atoms. The van der Waals surface area contributed by atoms with Crippen molar-refractivity contribution in [3.63, 3.8) is 0 Å². The number of aromatic nitrogens is 2. The first-order valence-corrected chi connectivity index (χ1v) is 10.4. The van der Waals surface area contributed by atoms with E-state index < -0.39 is 11.5 Å². The third-order valence-electron chi connectivity index (χ3n) is 4.46. The molecule has 10 heteroatoms. The van der Waals surface area contributed by atoms with E-state index in [1.54, 1.807) is 6.92 Å². The highest BCUT2D eigenvalue weighted by Gasteiger charge is 2.21. The Kier molecular flexibility index (Phi) is 5.94. The zero-order valence-electron chi connectivity index (χ0n) is 16.4. The van der Waals surface area contributed by atoms with Crippen LogP contribution in [0.5, 0.6) is 0 Å². The van der Waals surface area contributed by atoms with Crippen LogP contribution in [0.2, 0.25) is 0 Å². The van der Waals surface area contributed by atoms with Gasteiger partial charge in [0, 0.05) is 5.69 Å². The smallest absolute Gasteiger partial charge is 0.348 e. The maximum Gasteiger partial charge on any atom is 0.348 e. The number of amides is 1. The van der Waals surface area contributed by atoms with Crippen LogP contribution in [0, 0.1) is 20.8 Å². The molecular formula is C19H20N4O4S2. The number of nitrogens with one attached hydrogen (secondary N) is 1. The summed E-state index contributed by atoms with van der Waals surface area (Å²) in [5.74, 6) is 5.14. The van der Waals surface area contributed by atoms with Gasteiger partial charge in [0.15, 0.2) is 5.16 Å². The Balaban J connectivity index is 1.82. The fourth-order valence-corrected chi connectivity index (χ4v) is 4.57. The Morgan fingerprint density at radius 2 is 2.00 bits per heavy atom. The van der Waals surface area contributed by atoms with Gasteiger partial charge in [-0.05, 0) is 49.6 Å². The minimum absolute atomic E-state index is 0.0241. The van der Waals surface area contributed by atoms with Crippen LogP contribution in [0.4, 0.5) is 5.69 Å². The third-order valence-corrected chi connectivity index (χ3v) is 6.58. The minimum atomic E-state index is -0.532. The predicted octanol–water partition coefficient (Wildman–Crippen LogP) is 2.61. The average Bonchev–Trinajstić information content (AvgIpc) is 3.02. The highest BCUT2D eigenvalue weighted by molar-refractivity contribution is 7.99. The molecule has 0 fully saturated rings. The van der Waals surface area contributed by atoms with Crippen LogP contribution in [-0.4, -0.2) is 34.4 Å². The Morgan fingerprint density at radius 3 is 2.66 bits per heavy atom. The fourth-order valence-electron chi connectivity index (χ4n) is 2.71. The second-order valence-corrected chi connectivity index (χ2v) is 8.37. The molecule has 8 nitrogen and oxygen atoms in total. The lowest BCUT2D eigenvalue weighted by Gasteiger charge is -2.09. The molecule has 1 aromatic carbocycles. The number of nitrogens with zero attached hydrogens (tertiary/aromatic N) is 2. The van der Waals surface area contributed by atoms with E-state index in [-0.39, 0.29) is 22.2 Å². The fraction of sp³-hybridized carbons (Fsp3) is 0.263. The van der Waals surface area contributed by atoms with Crippen LogP contribution in [0.3, 0.4) is 0 Å². The lowest BCUT2D eigenvalue weighted by Crippen LogP contribution is -2.30. The van der Waals surface area contributed by atoms with E-state index in [1.807, 2.05) is 32.0 Å². The number of carbonyl (C=O) groups is 2. The van der Waals surface area contributed by atoms with Crippen molar-refractivity contribution in [2.45, 2.75) is 25.9 Å². The number of nitrogen functional groups attached to an aromatic ring is 1. The topological polar surface area (TPSA) is 116 Å². The van der Waals surface area contributed by atoms with Crippen LogP contribution in [-0.2, 0) is 9.53 Å². The number of hydrogen-bond donors (Lipinski definition) is 2. The predicted molar refractivity (Wildman–Crippen MR) is 115 cm³/mol. The highest BCUT2D eigenvalue weighted by Crippen LogP contribution is 2.29. The number of thioether (sulfide) groups is 1. The molecule has 1 amide bonds. The summed E-state index contributed by atoms with van der Waals surface area (Å²) >= 11 is 2.11. The molecule has 0 spiro atoms. The van der Waals surface area contributed by atoms with Gasteiger partial charge in [-0.3, -0.25) is 9.59 Å². The molecule has 0 saturated heterocycles. The van der Waals surface area contributed by atoms with E-state index in [2.05, 4.69) is 10.3 Å². The molecule has 2 heterocycles. The Labute approximate surface area is 175 Å². The molecule has 0 unspecified atom stereocenters. The molecule has 0 atom stereocenters. The van der Waals surface area contributed by atoms with Gasteiger partial charge in [0.05, 0.1) is 18.2 Å². The molecule has 3 N–H and O–H groups in total.